The van der Waals surface area contributed by atoms with Gasteiger partial charge in [-0.3, -0.25) is 4.79 Å². The van der Waals surface area contributed by atoms with Crippen LogP contribution in [0.2, 0.25) is 5.02 Å². The third-order valence-electron chi connectivity index (χ3n) is 3.08. The predicted molar refractivity (Wildman–Crippen MR) is 95.7 cm³/mol. The Morgan fingerprint density at radius 3 is 2.52 bits per heavy atom. The summed E-state index contributed by atoms with van der Waals surface area (Å²) in [5.41, 5.74) is 0.154. The fourth-order valence-corrected chi connectivity index (χ4v) is 3.60. The largest absolute Gasteiger partial charge is 0.495 e. The van der Waals surface area contributed by atoms with Crippen molar-refractivity contribution in [3.63, 3.8) is 0 Å². The van der Waals surface area contributed by atoms with Gasteiger partial charge in [-0.1, -0.05) is 11.6 Å². The zero-order chi connectivity index (χ0) is 18.6. The van der Waals surface area contributed by atoms with Crippen LogP contribution in [0.25, 0.3) is 0 Å². The lowest BCUT2D eigenvalue weighted by molar-refractivity contribution is 0.102. The number of benzene rings is 1. The first-order chi connectivity index (χ1) is 11.7. The number of halogens is 1. The fourth-order valence-electron chi connectivity index (χ4n) is 2.04. The number of pyridine rings is 1. The van der Waals surface area contributed by atoms with Gasteiger partial charge in [0, 0.05) is 17.8 Å². The Hall–Kier alpha value is -2.16. The molecule has 9 heteroatoms. The van der Waals surface area contributed by atoms with Crippen molar-refractivity contribution in [3.05, 3.63) is 47.1 Å². The average molecular weight is 384 g/mol. The van der Waals surface area contributed by atoms with E-state index in [0.717, 1.165) is 0 Å². The topological polar surface area (TPSA) is 97.4 Å². The van der Waals surface area contributed by atoms with Crippen LogP contribution in [0.4, 0.5) is 5.82 Å². The molecule has 2 rings (SSSR count). The average Bonchev–Trinajstić information content (AvgIpc) is 2.55. The Balaban J connectivity index is 2.34. The van der Waals surface area contributed by atoms with Gasteiger partial charge in [0.15, 0.2) is 0 Å². The summed E-state index contributed by atoms with van der Waals surface area (Å²) in [4.78, 5) is 16.2. The molecular weight excluding hydrogens is 366 g/mol. The van der Waals surface area contributed by atoms with Crippen molar-refractivity contribution in [2.24, 2.45) is 0 Å². The number of hydrogen-bond donors (Lipinski definition) is 2. The van der Waals surface area contributed by atoms with Gasteiger partial charge in [-0.15, -0.1) is 0 Å². The van der Waals surface area contributed by atoms with E-state index >= 15 is 0 Å². The standard InChI is InChI=1S/C16H18ClN3O4S/c1-10(2)20-25(22,23)14-8-11(4-6-13(14)24-3)16(21)19-15-7-5-12(17)9-18-15/h4-10,20H,1-3H3,(H,18,19,21). The van der Waals surface area contributed by atoms with E-state index in [0.29, 0.717) is 10.8 Å². The van der Waals surface area contributed by atoms with Crippen LogP contribution in [0.1, 0.15) is 24.2 Å². The van der Waals surface area contributed by atoms with E-state index in [1.54, 1.807) is 26.0 Å². The minimum absolute atomic E-state index is 0.111. The molecule has 2 N–H and O–H groups in total. The maximum absolute atomic E-state index is 12.4. The Bertz CT molecular complexity index is 867. The van der Waals surface area contributed by atoms with Gasteiger partial charge in [-0.25, -0.2) is 18.1 Å². The molecule has 1 amide bonds. The maximum Gasteiger partial charge on any atom is 0.256 e. The summed E-state index contributed by atoms with van der Waals surface area (Å²) < 4.78 is 32.5. The number of sulfonamides is 1. The molecular formula is C16H18ClN3O4S. The first kappa shape index (κ1) is 19.2. The first-order valence-corrected chi connectivity index (χ1v) is 9.22. The van der Waals surface area contributed by atoms with Gasteiger partial charge < -0.3 is 10.1 Å². The number of rotatable bonds is 6. The van der Waals surface area contributed by atoms with E-state index < -0.39 is 15.9 Å². The molecule has 7 nitrogen and oxygen atoms in total. The van der Waals surface area contributed by atoms with Gasteiger partial charge >= 0.3 is 0 Å². The number of carbonyl (C=O) groups excluding carboxylic acids is 1. The van der Waals surface area contributed by atoms with E-state index in [9.17, 15) is 13.2 Å². The van der Waals surface area contributed by atoms with Crippen LogP contribution in [0, 0.1) is 0 Å². The molecule has 0 atom stereocenters. The maximum atomic E-state index is 12.4. The molecule has 1 heterocycles. The predicted octanol–water partition coefficient (Wildman–Crippen LogP) is 2.68. The smallest absolute Gasteiger partial charge is 0.256 e. The Morgan fingerprint density at radius 1 is 1.24 bits per heavy atom. The van der Waals surface area contributed by atoms with Crippen LogP contribution in [-0.2, 0) is 10.0 Å². The molecule has 0 aliphatic rings. The van der Waals surface area contributed by atoms with Gasteiger partial charge in [0.1, 0.15) is 16.5 Å². The Kier molecular flexibility index (Phi) is 5.99. The number of carbonyl (C=O) groups is 1. The van der Waals surface area contributed by atoms with Crippen molar-refractivity contribution >= 4 is 33.3 Å². The Morgan fingerprint density at radius 2 is 1.96 bits per heavy atom. The van der Waals surface area contributed by atoms with E-state index in [2.05, 4.69) is 15.0 Å². The summed E-state index contributed by atoms with van der Waals surface area (Å²) in [5, 5.41) is 3.02. The highest BCUT2D eigenvalue weighted by Crippen LogP contribution is 2.25. The summed E-state index contributed by atoms with van der Waals surface area (Å²) >= 11 is 5.75. The second kappa shape index (κ2) is 7.81. The van der Waals surface area contributed by atoms with Crippen molar-refractivity contribution in [2.45, 2.75) is 24.8 Å². The quantitative estimate of drug-likeness (QED) is 0.799. The van der Waals surface area contributed by atoms with Crippen molar-refractivity contribution in [3.8, 4) is 5.75 Å². The van der Waals surface area contributed by atoms with Crippen LogP contribution in [-0.4, -0.2) is 32.5 Å². The van der Waals surface area contributed by atoms with Crippen molar-refractivity contribution < 1.29 is 17.9 Å². The van der Waals surface area contributed by atoms with E-state index in [1.165, 1.54) is 31.5 Å². The van der Waals surface area contributed by atoms with Crippen LogP contribution in [0.15, 0.2) is 41.4 Å². The number of aromatic nitrogens is 1. The molecule has 0 fully saturated rings. The van der Waals surface area contributed by atoms with E-state index in [-0.39, 0.29) is 22.3 Å². The molecule has 0 aliphatic carbocycles. The summed E-state index contributed by atoms with van der Waals surface area (Å²) in [6.07, 6.45) is 1.40. The van der Waals surface area contributed by atoms with Gasteiger partial charge in [-0.05, 0) is 44.2 Å². The zero-order valence-corrected chi connectivity index (χ0v) is 15.5. The minimum atomic E-state index is -3.82. The summed E-state index contributed by atoms with van der Waals surface area (Å²) in [6, 6.07) is 6.99. The highest BCUT2D eigenvalue weighted by atomic mass is 35.5. The minimum Gasteiger partial charge on any atom is -0.495 e. The number of ether oxygens (including phenoxy) is 1. The number of anilines is 1. The highest BCUT2D eigenvalue weighted by molar-refractivity contribution is 7.89. The van der Waals surface area contributed by atoms with E-state index in [4.69, 9.17) is 16.3 Å². The number of hydrogen-bond acceptors (Lipinski definition) is 5. The molecule has 0 radical (unpaired) electrons. The molecule has 0 unspecified atom stereocenters. The fraction of sp³-hybridized carbons (Fsp3) is 0.250. The molecule has 0 saturated heterocycles. The Labute approximate surface area is 151 Å². The summed E-state index contributed by atoms with van der Waals surface area (Å²) in [6.45, 7) is 3.40. The van der Waals surface area contributed by atoms with Crippen LogP contribution in [0.5, 0.6) is 5.75 Å². The van der Waals surface area contributed by atoms with Crippen LogP contribution < -0.4 is 14.8 Å². The first-order valence-electron chi connectivity index (χ1n) is 7.36. The molecule has 1 aromatic carbocycles. The molecule has 0 bridgehead atoms. The van der Waals surface area contributed by atoms with Crippen LogP contribution >= 0.6 is 11.6 Å². The molecule has 2 aromatic rings. The lowest BCUT2D eigenvalue weighted by atomic mass is 10.2. The molecule has 0 aliphatic heterocycles. The lowest BCUT2D eigenvalue weighted by Gasteiger charge is -2.14. The van der Waals surface area contributed by atoms with Gasteiger partial charge in [0.25, 0.3) is 5.91 Å². The molecule has 1 aromatic heterocycles. The molecule has 134 valence electrons. The molecule has 25 heavy (non-hydrogen) atoms. The number of nitrogens with zero attached hydrogens (tertiary/aromatic N) is 1. The third kappa shape index (κ3) is 4.91. The van der Waals surface area contributed by atoms with Gasteiger partial charge in [0.2, 0.25) is 10.0 Å². The van der Waals surface area contributed by atoms with Crippen molar-refractivity contribution in [1.82, 2.24) is 9.71 Å². The summed E-state index contributed by atoms with van der Waals surface area (Å²) in [5.74, 6) is -0.0530. The number of methoxy groups -OCH3 is 1. The van der Waals surface area contributed by atoms with Crippen molar-refractivity contribution in [2.75, 3.05) is 12.4 Å². The van der Waals surface area contributed by atoms with Crippen molar-refractivity contribution in [1.29, 1.82) is 0 Å². The summed E-state index contributed by atoms with van der Waals surface area (Å²) in [7, 11) is -2.46. The van der Waals surface area contributed by atoms with E-state index in [1.807, 2.05) is 0 Å². The molecule has 0 saturated carbocycles. The lowest BCUT2D eigenvalue weighted by Crippen LogP contribution is -2.30. The van der Waals surface area contributed by atoms with Gasteiger partial charge in [-0.2, -0.15) is 0 Å². The number of nitrogens with one attached hydrogen (secondary N) is 2. The van der Waals surface area contributed by atoms with Gasteiger partial charge in [0.05, 0.1) is 12.1 Å². The number of amides is 1. The SMILES string of the molecule is COc1ccc(C(=O)Nc2ccc(Cl)cn2)cc1S(=O)(=O)NC(C)C. The highest BCUT2D eigenvalue weighted by Gasteiger charge is 2.22. The second-order valence-corrected chi connectivity index (χ2v) is 7.58. The zero-order valence-electron chi connectivity index (χ0n) is 13.9. The van der Waals surface area contributed by atoms with Crippen LogP contribution in [0.3, 0.4) is 0 Å². The monoisotopic (exact) mass is 383 g/mol. The second-order valence-electron chi connectivity index (χ2n) is 5.46. The third-order valence-corrected chi connectivity index (χ3v) is 4.98. The normalized spacial score (nSPS) is 11.4. The molecule has 0 spiro atoms.